The number of rotatable bonds is 7. The average Bonchev–Trinajstić information content (AvgIpc) is 3.42. The number of nitrogens with zero attached hydrogens (tertiary/aromatic N) is 4. The number of alkyl halides is 5. The zero-order chi connectivity index (χ0) is 23.3. The normalized spacial score (nSPS) is 20.5. The molecule has 2 fully saturated rings. The van der Waals surface area contributed by atoms with E-state index in [1.807, 2.05) is 0 Å². The van der Waals surface area contributed by atoms with Crippen LogP contribution in [0.25, 0.3) is 5.65 Å². The zero-order valence-electron chi connectivity index (χ0n) is 17.6. The molecule has 176 valence electrons. The molecule has 1 saturated heterocycles. The SMILES string of the molecule is CC(C)(OCCc1cn2ncc(C(C3CC3)N3CC(F)(F)CNC3=O)cc2n1)C(F)(F)F. The Morgan fingerprint density at radius 2 is 2.03 bits per heavy atom. The molecule has 2 aromatic rings. The second-order valence-electron chi connectivity index (χ2n) is 8.86. The number of fused-ring (bicyclic) bond motifs is 1. The summed E-state index contributed by atoms with van der Waals surface area (Å²) >= 11 is 0. The van der Waals surface area contributed by atoms with Crippen LogP contribution in [0.5, 0.6) is 0 Å². The molecule has 0 bridgehead atoms. The van der Waals surface area contributed by atoms with E-state index >= 15 is 0 Å². The summed E-state index contributed by atoms with van der Waals surface area (Å²) in [6.45, 7) is 0.383. The van der Waals surface area contributed by atoms with Gasteiger partial charge in [0.1, 0.15) is 0 Å². The fourth-order valence-corrected chi connectivity index (χ4v) is 3.74. The van der Waals surface area contributed by atoms with Crippen LogP contribution in [0.3, 0.4) is 0 Å². The van der Waals surface area contributed by atoms with E-state index in [1.165, 1.54) is 10.7 Å². The average molecular weight is 461 g/mol. The highest BCUT2D eigenvalue weighted by atomic mass is 19.4. The standard InChI is InChI=1S/C20H24F5N5O2/c1-18(2,20(23,24)25)32-6-5-14-9-30-15(28-14)7-13(8-27-30)16(12-3-4-12)29-11-19(21,22)10-26-17(29)31/h7-9,12,16H,3-6,10-11H2,1-2H3,(H,26,31). The van der Waals surface area contributed by atoms with E-state index < -0.39 is 42.9 Å². The van der Waals surface area contributed by atoms with Gasteiger partial charge >= 0.3 is 12.2 Å². The quantitative estimate of drug-likeness (QED) is 0.638. The van der Waals surface area contributed by atoms with Crippen LogP contribution in [-0.4, -0.2) is 62.9 Å². The predicted molar refractivity (Wildman–Crippen MR) is 103 cm³/mol. The molecule has 0 aromatic carbocycles. The van der Waals surface area contributed by atoms with Crippen LogP contribution in [0.4, 0.5) is 26.7 Å². The predicted octanol–water partition coefficient (Wildman–Crippen LogP) is 3.74. The maximum absolute atomic E-state index is 13.9. The number of aromatic nitrogens is 3. The Morgan fingerprint density at radius 3 is 2.69 bits per heavy atom. The Bertz CT molecular complexity index is 1000. The summed E-state index contributed by atoms with van der Waals surface area (Å²) in [7, 11) is 0. The van der Waals surface area contributed by atoms with Gasteiger partial charge in [0.2, 0.25) is 0 Å². The van der Waals surface area contributed by atoms with Gasteiger partial charge in [0.25, 0.3) is 5.92 Å². The van der Waals surface area contributed by atoms with Gasteiger partial charge in [0, 0.05) is 6.42 Å². The van der Waals surface area contributed by atoms with Crippen molar-refractivity contribution >= 4 is 11.7 Å². The Balaban J connectivity index is 1.51. The molecule has 1 unspecified atom stereocenters. The molecule has 7 nitrogen and oxygen atoms in total. The van der Waals surface area contributed by atoms with Crippen LogP contribution in [0.1, 0.15) is 44.0 Å². The zero-order valence-corrected chi connectivity index (χ0v) is 17.6. The minimum atomic E-state index is -4.49. The van der Waals surface area contributed by atoms with Crippen LogP contribution >= 0.6 is 0 Å². The second kappa shape index (κ2) is 7.82. The lowest BCUT2D eigenvalue weighted by Gasteiger charge is -2.38. The van der Waals surface area contributed by atoms with E-state index in [0.29, 0.717) is 16.9 Å². The van der Waals surface area contributed by atoms with Crippen molar-refractivity contribution in [2.45, 2.75) is 56.9 Å². The highest BCUT2D eigenvalue weighted by Crippen LogP contribution is 2.45. The third-order valence-corrected chi connectivity index (χ3v) is 5.80. The summed E-state index contributed by atoms with van der Waals surface area (Å²) < 4.78 is 73.1. The highest BCUT2D eigenvalue weighted by molar-refractivity contribution is 5.76. The first-order valence-corrected chi connectivity index (χ1v) is 10.3. The number of amides is 2. The minimum absolute atomic E-state index is 0.0614. The first-order valence-electron chi connectivity index (χ1n) is 10.3. The third kappa shape index (κ3) is 4.64. The highest BCUT2D eigenvalue weighted by Gasteiger charge is 2.48. The van der Waals surface area contributed by atoms with E-state index in [1.54, 1.807) is 12.3 Å². The minimum Gasteiger partial charge on any atom is -0.366 e. The van der Waals surface area contributed by atoms with Gasteiger partial charge < -0.3 is 15.0 Å². The Morgan fingerprint density at radius 1 is 1.31 bits per heavy atom. The van der Waals surface area contributed by atoms with Gasteiger partial charge in [-0.25, -0.2) is 23.1 Å². The number of urea groups is 1. The van der Waals surface area contributed by atoms with Crippen molar-refractivity contribution in [2.75, 3.05) is 19.7 Å². The summed E-state index contributed by atoms with van der Waals surface area (Å²) in [6, 6.07) is 0.593. The molecule has 32 heavy (non-hydrogen) atoms. The Hall–Kier alpha value is -2.50. The van der Waals surface area contributed by atoms with E-state index in [2.05, 4.69) is 15.4 Å². The molecular formula is C20H24F5N5O2. The van der Waals surface area contributed by atoms with E-state index in [4.69, 9.17) is 4.74 Å². The molecule has 2 aromatic heterocycles. The fourth-order valence-electron chi connectivity index (χ4n) is 3.74. The van der Waals surface area contributed by atoms with Gasteiger partial charge in [0.15, 0.2) is 11.2 Å². The summed E-state index contributed by atoms with van der Waals surface area (Å²) in [5, 5.41) is 6.52. The molecule has 1 aliphatic heterocycles. The third-order valence-electron chi connectivity index (χ3n) is 5.80. The maximum atomic E-state index is 13.9. The second-order valence-corrected chi connectivity index (χ2v) is 8.86. The van der Waals surface area contributed by atoms with Crippen LogP contribution in [0.15, 0.2) is 18.5 Å². The van der Waals surface area contributed by atoms with Crippen molar-refractivity contribution in [3.8, 4) is 0 Å². The lowest BCUT2D eigenvalue weighted by Crippen LogP contribution is -2.58. The topological polar surface area (TPSA) is 71.8 Å². The molecule has 1 saturated carbocycles. The van der Waals surface area contributed by atoms with Crippen LogP contribution in [0.2, 0.25) is 0 Å². The summed E-state index contributed by atoms with van der Waals surface area (Å²) in [6.07, 6.45) is 0.388. The lowest BCUT2D eigenvalue weighted by molar-refractivity contribution is -0.263. The summed E-state index contributed by atoms with van der Waals surface area (Å²) in [4.78, 5) is 17.9. The number of nitrogens with one attached hydrogen (secondary N) is 1. The van der Waals surface area contributed by atoms with Gasteiger partial charge in [-0.1, -0.05) is 0 Å². The number of carbonyl (C=O) groups excluding carboxylic acids is 1. The number of hydrogen-bond donors (Lipinski definition) is 1. The van der Waals surface area contributed by atoms with Crippen molar-refractivity contribution in [1.29, 1.82) is 0 Å². The molecule has 1 atom stereocenters. The number of carbonyl (C=O) groups is 1. The molecule has 12 heteroatoms. The molecular weight excluding hydrogens is 437 g/mol. The van der Waals surface area contributed by atoms with Crippen molar-refractivity contribution in [3.63, 3.8) is 0 Å². The van der Waals surface area contributed by atoms with Crippen LogP contribution in [-0.2, 0) is 11.2 Å². The molecule has 2 aliphatic rings. The largest absolute Gasteiger partial charge is 0.416 e. The number of ether oxygens (including phenoxy) is 1. The molecule has 1 aliphatic carbocycles. The number of imidazole rings is 1. The van der Waals surface area contributed by atoms with E-state index in [9.17, 15) is 26.7 Å². The first-order chi connectivity index (χ1) is 14.9. The molecule has 0 spiro atoms. The van der Waals surface area contributed by atoms with Crippen molar-refractivity contribution < 1.29 is 31.5 Å². The first kappa shape index (κ1) is 22.7. The van der Waals surface area contributed by atoms with Crippen molar-refractivity contribution in [1.82, 2.24) is 24.8 Å². The molecule has 1 N–H and O–H groups in total. The number of hydrogen-bond acceptors (Lipinski definition) is 4. The van der Waals surface area contributed by atoms with E-state index in [0.717, 1.165) is 31.6 Å². The summed E-state index contributed by atoms with van der Waals surface area (Å²) in [5.74, 6) is -2.96. The maximum Gasteiger partial charge on any atom is 0.416 e. The van der Waals surface area contributed by atoms with Gasteiger partial charge in [-0.15, -0.1) is 0 Å². The lowest BCUT2D eigenvalue weighted by atomic mass is 10.0. The Labute approximate surface area is 180 Å². The van der Waals surface area contributed by atoms with Gasteiger partial charge in [0.05, 0.1) is 43.8 Å². The summed E-state index contributed by atoms with van der Waals surface area (Å²) in [5.41, 5.74) is -0.772. The van der Waals surface area contributed by atoms with Gasteiger partial charge in [-0.05, 0) is 44.2 Å². The van der Waals surface area contributed by atoms with Gasteiger partial charge in [-0.2, -0.15) is 18.3 Å². The van der Waals surface area contributed by atoms with E-state index in [-0.39, 0.29) is 18.9 Å². The monoisotopic (exact) mass is 461 g/mol. The molecule has 2 amide bonds. The molecule has 3 heterocycles. The smallest absolute Gasteiger partial charge is 0.366 e. The van der Waals surface area contributed by atoms with Crippen molar-refractivity contribution in [3.05, 3.63) is 29.7 Å². The fraction of sp³-hybridized carbons (Fsp3) is 0.650. The Kier molecular flexibility index (Phi) is 5.54. The number of halogens is 5. The molecule has 0 radical (unpaired) electrons. The van der Waals surface area contributed by atoms with Gasteiger partial charge in [-0.3, -0.25) is 0 Å². The van der Waals surface area contributed by atoms with Crippen LogP contribution in [0, 0.1) is 5.92 Å². The van der Waals surface area contributed by atoms with Crippen LogP contribution < -0.4 is 5.32 Å². The molecule has 4 rings (SSSR count). The van der Waals surface area contributed by atoms with Crippen molar-refractivity contribution in [2.24, 2.45) is 5.92 Å².